The van der Waals surface area contributed by atoms with Crippen LogP contribution in [0.5, 0.6) is 11.5 Å². The van der Waals surface area contributed by atoms with Gasteiger partial charge in [-0.25, -0.2) is 9.37 Å². The maximum absolute atomic E-state index is 13.0. The molecule has 0 spiro atoms. The van der Waals surface area contributed by atoms with Gasteiger partial charge in [0.2, 0.25) is 11.8 Å². The van der Waals surface area contributed by atoms with E-state index in [4.69, 9.17) is 13.9 Å². The third kappa shape index (κ3) is 5.09. The zero-order valence-corrected chi connectivity index (χ0v) is 15.7. The lowest BCUT2D eigenvalue weighted by molar-refractivity contribution is -0.120. The Kier molecular flexibility index (Phi) is 6.26. The van der Waals surface area contributed by atoms with Crippen molar-refractivity contribution in [2.75, 3.05) is 20.3 Å². The predicted molar refractivity (Wildman–Crippen MR) is 102 cm³/mol. The molecule has 7 heteroatoms. The number of nitrogens with one attached hydrogen (secondary N) is 1. The zero-order chi connectivity index (χ0) is 19.9. The van der Waals surface area contributed by atoms with Crippen molar-refractivity contribution in [3.8, 4) is 23.0 Å². The van der Waals surface area contributed by atoms with Gasteiger partial charge in [-0.2, -0.15) is 0 Å². The largest absolute Gasteiger partial charge is 0.497 e. The van der Waals surface area contributed by atoms with Gasteiger partial charge in [-0.05, 0) is 55.5 Å². The lowest BCUT2D eigenvalue weighted by Crippen LogP contribution is -2.29. The summed E-state index contributed by atoms with van der Waals surface area (Å²) < 4.78 is 29.3. The summed E-state index contributed by atoms with van der Waals surface area (Å²) in [4.78, 5) is 16.5. The van der Waals surface area contributed by atoms with Gasteiger partial charge >= 0.3 is 0 Å². The summed E-state index contributed by atoms with van der Waals surface area (Å²) in [6, 6.07) is 13.1. The summed E-state index contributed by atoms with van der Waals surface area (Å²) in [5.74, 6) is 1.87. The fraction of sp³-hybridized carbons (Fsp3) is 0.238. The highest BCUT2D eigenvalue weighted by Gasteiger charge is 2.14. The molecule has 0 saturated heterocycles. The van der Waals surface area contributed by atoms with Crippen LogP contribution in [-0.4, -0.2) is 31.2 Å². The van der Waals surface area contributed by atoms with Crippen LogP contribution >= 0.6 is 0 Å². The van der Waals surface area contributed by atoms with Crippen molar-refractivity contribution in [3.05, 3.63) is 65.8 Å². The minimum Gasteiger partial charge on any atom is -0.497 e. The summed E-state index contributed by atoms with van der Waals surface area (Å²) in [7, 11) is 1.60. The van der Waals surface area contributed by atoms with E-state index in [9.17, 15) is 9.18 Å². The zero-order valence-electron chi connectivity index (χ0n) is 15.7. The van der Waals surface area contributed by atoms with E-state index in [0.717, 1.165) is 5.75 Å². The number of hydrogen-bond donors (Lipinski definition) is 1. The summed E-state index contributed by atoms with van der Waals surface area (Å²) in [5.41, 5.74) is 1.21. The molecule has 28 heavy (non-hydrogen) atoms. The summed E-state index contributed by atoms with van der Waals surface area (Å²) >= 11 is 0. The molecule has 0 saturated carbocycles. The normalized spacial score (nSPS) is 10.5. The number of methoxy groups -OCH3 is 1. The van der Waals surface area contributed by atoms with Gasteiger partial charge in [-0.15, -0.1) is 0 Å². The molecule has 0 fully saturated rings. The van der Waals surface area contributed by atoms with Crippen molar-refractivity contribution < 1.29 is 23.1 Å². The third-order valence-electron chi connectivity index (χ3n) is 4.06. The molecular weight excluding hydrogens is 363 g/mol. The van der Waals surface area contributed by atoms with Gasteiger partial charge in [0.1, 0.15) is 29.7 Å². The molecule has 3 aromatic rings. The number of carbonyl (C=O) groups excluding carboxylic acids is 1. The monoisotopic (exact) mass is 384 g/mol. The molecule has 0 bridgehead atoms. The molecule has 1 aromatic heterocycles. The minimum absolute atomic E-state index is 0.0963. The highest BCUT2D eigenvalue weighted by atomic mass is 19.1. The Bertz CT molecular complexity index is 921. The Morgan fingerprint density at radius 1 is 1.11 bits per heavy atom. The first-order valence-corrected chi connectivity index (χ1v) is 8.81. The van der Waals surface area contributed by atoms with Gasteiger partial charge in [0, 0.05) is 5.56 Å². The van der Waals surface area contributed by atoms with E-state index in [1.54, 1.807) is 50.4 Å². The fourth-order valence-electron chi connectivity index (χ4n) is 2.55. The number of rotatable bonds is 8. The molecule has 0 radical (unpaired) electrons. The molecule has 146 valence electrons. The van der Waals surface area contributed by atoms with Crippen molar-refractivity contribution >= 4 is 5.91 Å². The molecular formula is C21H21FN2O4. The highest BCUT2D eigenvalue weighted by Crippen LogP contribution is 2.22. The first kappa shape index (κ1) is 19.4. The number of halogens is 1. The summed E-state index contributed by atoms with van der Waals surface area (Å²) in [6.45, 7) is 2.46. The maximum Gasteiger partial charge on any atom is 0.226 e. The van der Waals surface area contributed by atoms with E-state index in [1.807, 2.05) is 0 Å². The summed E-state index contributed by atoms with van der Waals surface area (Å²) in [5, 5.41) is 2.79. The van der Waals surface area contributed by atoms with Crippen molar-refractivity contribution in [2.45, 2.75) is 13.3 Å². The van der Waals surface area contributed by atoms with Crippen molar-refractivity contribution in [3.63, 3.8) is 0 Å². The van der Waals surface area contributed by atoms with Crippen molar-refractivity contribution in [1.29, 1.82) is 0 Å². The summed E-state index contributed by atoms with van der Waals surface area (Å²) in [6.07, 6.45) is 0.0963. The van der Waals surface area contributed by atoms with Crippen LogP contribution in [0.15, 0.2) is 52.9 Å². The number of aryl methyl sites for hydroxylation is 1. The van der Waals surface area contributed by atoms with Crippen LogP contribution in [0.4, 0.5) is 4.39 Å². The second-order valence-electron chi connectivity index (χ2n) is 6.08. The molecule has 1 heterocycles. The van der Waals surface area contributed by atoms with Crippen LogP contribution in [0.2, 0.25) is 0 Å². The molecule has 2 aromatic carbocycles. The van der Waals surface area contributed by atoms with Crippen LogP contribution in [0.25, 0.3) is 11.5 Å². The van der Waals surface area contributed by atoms with E-state index in [1.165, 1.54) is 12.1 Å². The molecule has 0 aliphatic carbocycles. The Balaban J connectivity index is 1.47. The Morgan fingerprint density at radius 2 is 1.79 bits per heavy atom. The van der Waals surface area contributed by atoms with Crippen LogP contribution in [-0.2, 0) is 11.2 Å². The minimum atomic E-state index is -0.330. The molecule has 0 aliphatic rings. The number of ether oxygens (including phenoxy) is 2. The number of aromatic nitrogens is 1. The SMILES string of the molecule is COc1ccc(OCCNC(=O)Cc2nc(-c3ccc(F)cc3)oc2C)cc1. The predicted octanol–water partition coefficient (Wildman–Crippen LogP) is 3.54. The number of nitrogens with zero attached hydrogens (tertiary/aromatic N) is 1. The van der Waals surface area contributed by atoms with Gasteiger partial charge in [0.25, 0.3) is 0 Å². The van der Waals surface area contributed by atoms with Gasteiger partial charge < -0.3 is 19.2 Å². The quantitative estimate of drug-likeness (QED) is 0.602. The molecule has 3 rings (SSSR count). The second-order valence-corrected chi connectivity index (χ2v) is 6.08. The van der Waals surface area contributed by atoms with Crippen LogP contribution in [0.1, 0.15) is 11.5 Å². The number of carbonyl (C=O) groups is 1. The van der Waals surface area contributed by atoms with Gasteiger partial charge in [0.05, 0.1) is 25.8 Å². The van der Waals surface area contributed by atoms with E-state index in [2.05, 4.69) is 10.3 Å². The number of oxazole rings is 1. The molecule has 0 aliphatic heterocycles. The first-order valence-electron chi connectivity index (χ1n) is 8.81. The lowest BCUT2D eigenvalue weighted by Gasteiger charge is -2.08. The van der Waals surface area contributed by atoms with E-state index < -0.39 is 0 Å². The van der Waals surface area contributed by atoms with E-state index in [0.29, 0.717) is 41.8 Å². The second kappa shape index (κ2) is 9.03. The van der Waals surface area contributed by atoms with E-state index in [-0.39, 0.29) is 18.1 Å². The molecule has 1 N–H and O–H groups in total. The average Bonchev–Trinajstić information content (AvgIpc) is 3.06. The van der Waals surface area contributed by atoms with Crippen molar-refractivity contribution in [1.82, 2.24) is 10.3 Å². The van der Waals surface area contributed by atoms with E-state index >= 15 is 0 Å². The molecule has 0 unspecified atom stereocenters. The molecule has 0 atom stereocenters. The average molecular weight is 384 g/mol. The molecule has 6 nitrogen and oxygen atoms in total. The third-order valence-corrected chi connectivity index (χ3v) is 4.06. The van der Waals surface area contributed by atoms with Crippen LogP contribution in [0.3, 0.4) is 0 Å². The topological polar surface area (TPSA) is 73.6 Å². The smallest absolute Gasteiger partial charge is 0.226 e. The Hall–Kier alpha value is -3.35. The standard InChI is InChI=1S/C21H21FN2O4/c1-14-19(24-21(28-14)15-3-5-16(22)6-4-15)13-20(25)23-11-12-27-18-9-7-17(26-2)8-10-18/h3-10H,11-13H2,1-2H3,(H,23,25). The number of hydrogen-bond acceptors (Lipinski definition) is 5. The highest BCUT2D eigenvalue weighted by molar-refractivity contribution is 5.78. The van der Waals surface area contributed by atoms with Gasteiger partial charge in [0.15, 0.2) is 0 Å². The Labute approximate surface area is 162 Å². The van der Waals surface area contributed by atoms with Crippen molar-refractivity contribution in [2.24, 2.45) is 0 Å². The number of amides is 1. The molecule has 1 amide bonds. The fourth-order valence-corrected chi connectivity index (χ4v) is 2.55. The lowest BCUT2D eigenvalue weighted by atomic mass is 10.2. The first-order chi connectivity index (χ1) is 13.5. The number of benzene rings is 2. The van der Waals surface area contributed by atoms with Crippen LogP contribution in [0, 0.1) is 12.7 Å². The van der Waals surface area contributed by atoms with Gasteiger partial charge in [-0.3, -0.25) is 4.79 Å². The van der Waals surface area contributed by atoms with Gasteiger partial charge in [-0.1, -0.05) is 0 Å². The van der Waals surface area contributed by atoms with Crippen LogP contribution < -0.4 is 14.8 Å². The maximum atomic E-state index is 13.0. The Morgan fingerprint density at radius 3 is 2.46 bits per heavy atom.